The molecule has 2 heterocycles. The molecule has 1 aromatic heterocycles. The Morgan fingerprint density at radius 2 is 2.12 bits per heavy atom. The molecule has 5 nitrogen and oxygen atoms in total. The highest BCUT2D eigenvalue weighted by Crippen LogP contribution is 2.21. The summed E-state index contributed by atoms with van der Waals surface area (Å²) in [6, 6.07) is 7.53. The van der Waals surface area contributed by atoms with Gasteiger partial charge in [0.25, 0.3) is 0 Å². The molecule has 1 aliphatic rings. The number of hydrogen-bond acceptors (Lipinski definition) is 5. The van der Waals surface area contributed by atoms with Crippen LogP contribution >= 0.6 is 24.0 Å². The smallest absolute Gasteiger partial charge is 0.228 e. The van der Waals surface area contributed by atoms with Gasteiger partial charge in [0, 0.05) is 23.6 Å². The predicted octanol–water partition coefficient (Wildman–Crippen LogP) is 3.68. The van der Waals surface area contributed by atoms with E-state index in [1.54, 1.807) is 0 Å². The standard InChI is InChI=1S/C18H25ClN4O.ClH/c1-20-9-5-14-6-10-23(11-7-14)12-8-17-21-18(22-24-17)15-3-2-4-16(19)13-15;/h2-4,13-14,20H,5-12H2,1H3;1H. The number of benzene rings is 1. The fourth-order valence-electron chi connectivity index (χ4n) is 3.20. The largest absolute Gasteiger partial charge is 0.339 e. The van der Waals surface area contributed by atoms with Crippen LogP contribution in [0.2, 0.25) is 5.02 Å². The molecule has 1 aromatic carbocycles. The minimum absolute atomic E-state index is 0. The van der Waals surface area contributed by atoms with Crippen LogP contribution in [-0.2, 0) is 6.42 Å². The fourth-order valence-corrected chi connectivity index (χ4v) is 3.39. The van der Waals surface area contributed by atoms with Crippen molar-refractivity contribution in [3.8, 4) is 11.4 Å². The van der Waals surface area contributed by atoms with Gasteiger partial charge in [0.05, 0.1) is 0 Å². The molecule has 0 unspecified atom stereocenters. The molecule has 1 fully saturated rings. The van der Waals surface area contributed by atoms with Gasteiger partial charge in [0.15, 0.2) is 0 Å². The summed E-state index contributed by atoms with van der Waals surface area (Å²) in [7, 11) is 2.02. The van der Waals surface area contributed by atoms with Gasteiger partial charge in [0.2, 0.25) is 11.7 Å². The second-order valence-electron chi connectivity index (χ2n) is 6.45. The summed E-state index contributed by atoms with van der Waals surface area (Å²) >= 11 is 6.01. The first-order valence-electron chi connectivity index (χ1n) is 8.70. The van der Waals surface area contributed by atoms with Gasteiger partial charge in [-0.05, 0) is 64.0 Å². The third kappa shape index (κ3) is 5.96. The van der Waals surface area contributed by atoms with Crippen molar-refractivity contribution in [3.05, 3.63) is 35.2 Å². The molecule has 138 valence electrons. The zero-order valence-electron chi connectivity index (χ0n) is 14.6. The van der Waals surface area contributed by atoms with Crippen molar-refractivity contribution in [2.24, 2.45) is 5.92 Å². The van der Waals surface area contributed by atoms with Crippen molar-refractivity contribution in [2.45, 2.75) is 25.7 Å². The lowest BCUT2D eigenvalue weighted by Gasteiger charge is -2.31. The Labute approximate surface area is 160 Å². The third-order valence-electron chi connectivity index (χ3n) is 4.70. The fraction of sp³-hybridized carbons (Fsp3) is 0.556. The highest BCUT2D eigenvalue weighted by Gasteiger charge is 2.19. The molecule has 0 amide bonds. The summed E-state index contributed by atoms with van der Waals surface area (Å²) in [5, 5.41) is 7.99. The van der Waals surface area contributed by atoms with E-state index in [9.17, 15) is 0 Å². The molecule has 0 spiro atoms. The minimum Gasteiger partial charge on any atom is -0.339 e. The lowest BCUT2D eigenvalue weighted by atomic mass is 9.93. The number of piperidine rings is 1. The van der Waals surface area contributed by atoms with Crippen molar-refractivity contribution in [1.82, 2.24) is 20.4 Å². The zero-order valence-corrected chi connectivity index (χ0v) is 16.2. The normalized spacial score (nSPS) is 15.9. The summed E-state index contributed by atoms with van der Waals surface area (Å²) < 4.78 is 5.39. The monoisotopic (exact) mass is 384 g/mol. The average molecular weight is 385 g/mol. The predicted molar refractivity (Wildman–Crippen MR) is 103 cm³/mol. The van der Waals surface area contributed by atoms with Gasteiger partial charge in [-0.2, -0.15) is 4.98 Å². The maximum absolute atomic E-state index is 6.01. The van der Waals surface area contributed by atoms with Crippen molar-refractivity contribution in [2.75, 3.05) is 33.2 Å². The average Bonchev–Trinajstić information content (AvgIpc) is 3.08. The SMILES string of the molecule is CNCCC1CCN(CCc2nc(-c3cccc(Cl)c3)no2)CC1.Cl. The Hall–Kier alpha value is -1.14. The molecule has 0 radical (unpaired) electrons. The maximum atomic E-state index is 6.01. The van der Waals surface area contributed by atoms with E-state index in [0.29, 0.717) is 16.7 Å². The van der Waals surface area contributed by atoms with Crippen molar-refractivity contribution in [1.29, 1.82) is 0 Å². The molecule has 25 heavy (non-hydrogen) atoms. The first-order chi connectivity index (χ1) is 11.7. The zero-order chi connectivity index (χ0) is 16.8. The number of aromatic nitrogens is 2. The van der Waals surface area contributed by atoms with E-state index in [0.717, 1.165) is 31.0 Å². The van der Waals surface area contributed by atoms with E-state index >= 15 is 0 Å². The Morgan fingerprint density at radius 3 is 2.84 bits per heavy atom. The van der Waals surface area contributed by atoms with Gasteiger partial charge in [-0.25, -0.2) is 0 Å². The number of hydrogen-bond donors (Lipinski definition) is 1. The van der Waals surface area contributed by atoms with Crippen LogP contribution in [-0.4, -0.2) is 48.3 Å². The highest BCUT2D eigenvalue weighted by atomic mass is 35.5. The van der Waals surface area contributed by atoms with Gasteiger partial charge >= 0.3 is 0 Å². The van der Waals surface area contributed by atoms with Gasteiger partial charge in [-0.3, -0.25) is 0 Å². The summed E-state index contributed by atoms with van der Waals surface area (Å²) in [5.41, 5.74) is 0.892. The van der Waals surface area contributed by atoms with Crippen molar-refractivity contribution >= 4 is 24.0 Å². The van der Waals surface area contributed by atoms with E-state index in [2.05, 4.69) is 20.4 Å². The Balaban J connectivity index is 0.00000225. The van der Waals surface area contributed by atoms with Crippen LogP contribution in [0.25, 0.3) is 11.4 Å². The summed E-state index contributed by atoms with van der Waals surface area (Å²) in [6.45, 7) is 4.45. The highest BCUT2D eigenvalue weighted by molar-refractivity contribution is 6.30. The molecule has 1 saturated heterocycles. The molecular weight excluding hydrogens is 359 g/mol. The van der Waals surface area contributed by atoms with Crippen LogP contribution in [0.5, 0.6) is 0 Å². The summed E-state index contributed by atoms with van der Waals surface area (Å²) in [5.74, 6) is 2.17. The molecule has 0 saturated carbocycles. The molecule has 2 aromatic rings. The van der Waals surface area contributed by atoms with E-state index in [1.807, 2.05) is 31.3 Å². The molecule has 0 bridgehead atoms. The summed E-state index contributed by atoms with van der Waals surface area (Å²) in [4.78, 5) is 6.99. The molecule has 7 heteroatoms. The van der Waals surface area contributed by atoms with Crippen LogP contribution in [0.4, 0.5) is 0 Å². The number of nitrogens with one attached hydrogen (secondary N) is 1. The summed E-state index contributed by atoms with van der Waals surface area (Å²) in [6.07, 6.45) is 4.67. The van der Waals surface area contributed by atoms with Gasteiger partial charge < -0.3 is 14.7 Å². The Morgan fingerprint density at radius 1 is 1.32 bits per heavy atom. The van der Waals surface area contributed by atoms with Crippen LogP contribution in [0, 0.1) is 5.92 Å². The number of likely N-dealkylation sites (tertiary alicyclic amines) is 1. The molecular formula is C18H26Cl2N4O. The van der Waals surface area contributed by atoms with Crippen molar-refractivity contribution < 1.29 is 4.52 Å². The lowest BCUT2D eigenvalue weighted by Crippen LogP contribution is -2.35. The molecule has 0 atom stereocenters. The number of nitrogens with zero attached hydrogens (tertiary/aromatic N) is 3. The number of rotatable bonds is 7. The third-order valence-corrected chi connectivity index (χ3v) is 4.94. The quantitative estimate of drug-likeness (QED) is 0.788. The second-order valence-corrected chi connectivity index (χ2v) is 6.89. The lowest BCUT2D eigenvalue weighted by molar-refractivity contribution is 0.176. The topological polar surface area (TPSA) is 54.2 Å². The first-order valence-corrected chi connectivity index (χ1v) is 9.08. The Kier molecular flexibility index (Phi) is 8.16. The van der Waals surface area contributed by atoms with Crippen LogP contribution in [0.1, 0.15) is 25.2 Å². The molecule has 1 aliphatic heterocycles. The van der Waals surface area contributed by atoms with Crippen LogP contribution in [0.15, 0.2) is 28.8 Å². The Bertz CT molecular complexity index is 642. The first kappa shape index (κ1) is 20.2. The van der Waals surface area contributed by atoms with Crippen LogP contribution in [0.3, 0.4) is 0 Å². The second kappa shape index (κ2) is 10.1. The number of halogens is 2. The van der Waals surface area contributed by atoms with E-state index in [4.69, 9.17) is 16.1 Å². The van der Waals surface area contributed by atoms with Crippen molar-refractivity contribution in [3.63, 3.8) is 0 Å². The maximum Gasteiger partial charge on any atom is 0.228 e. The van der Waals surface area contributed by atoms with E-state index in [-0.39, 0.29) is 12.4 Å². The minimum atomic E-state index is 0. The van der Waals surface area contributed by atoms with Gasteiger partial charge in [-0.15, -0.1) is 12.4 Å². The molecule has 3 rings (SSSR count). The molecule has 1 N–H and O–H groups in total. The van der Waals surface area contributed by atoms with Gasteiger partial charge in [0.1, 0.15) is 0 Å². The van der Waals surface area contributed by atoms with E-state index in [1.165, 1.54) is 32.4 Å². The van der Waals surface area contributed by atoms with Crippen LogP contribution < -0.4 is 5.32 Å². The van der Waals surface area contributed by atoms with Gasteiger partial charge in [-0.1, -0.05) is 28.9 Å². The molecule has 0 aliphatic carbocycles. The van der Waals surface area contributed by atoms with E-state index < -0.39 is 0 Å².